The quantitative estimate of drug-likeness (QED) is 0.863. The van der Waals surface area contributed by atoms with Gasteiger partial charge in [-0.05, 0) is 47.9 Å². The Kier molecular flexibility index (Phi) is 2.58. The summed E-state index contributed by atoms with van der Waals surface area (Å²) in [5.74, 6) is 0.786. The predicted molar refractivity (Wildman–Crippen MR) is 68.3 cm³/mol. The number of hydrogen-bond acceptors (Lipinski definition) is 4. The summed E-state index contributed by atoms with van der Waals surface area (Å²) in [6.07, 6.45) is 3.55. The number of nitrogens with two attached hydrogens (primary N) is 1. The molecule has 0 saturated heterocycles. The van der Waals surface area contributed by atoms with Gasteiger partial charge in [-0.25, -0.2) is 4.68 Å². The first-order valence-corrected chi connectivity index (χ1v) is 6.38. The molecule has 1 heterocycles. The van der Waals surface area contributed by atoms with Crippen LogP contribution in [-0.4, -0.2) is 20.2 Å². The van der Waals surface area contributed by atoms with E-state index in [9.17, 15) is 0 Å². The van der Waals surface area contributed by atoms with Crippen LogP contribution in [0.5, 0.6) is 0 Å². The molecule has 1 aromatic carbocycles. The van der Waals surface area contributed by atoms with Gasteiger partial charge >= 0.3 is 0 Å². The molecule has 88 valence electrons. The van der Waals surface area contributed by atoms with E-state index in [-0.39, 0.29) is 0 Å². The number of aromatic nitrogens is 4. The Morgan fingerprint density at radius 1 is 1.35 bits per heavy atom. The Morgan fingerprint density at radius 3 is 2.88 bits per heavy atom. The van der Waals surface area contributed by atoms with Crippen LogP contribution in [0.3, 0.4) is 0 Å². The summed E-state index contributed by atoms with van der Waals surface area (Å²) in [5, 5.41) is 12.0. The second kappa shape index (κ2) is 4.10. The molecule has 2 aromatic rings. The first-order valence-electron chi connectivity index (χ1n) is 5.59. The van der Waals surface area contributed by atoms with Gasteiger partial charge in [-0.15, -0.1) is 5.10 Å². The summed E-state index contributed by atoms with van der Waals surface area (Å²) in [4.78, 5) is 0. The van der Waals surface area contributed by atoms with Crippen molar-refractivity contribution in [3.63, 3.8) is 0 Å². The lowest BCUT2D eigenvalue weighted by Gasteiger charge is -2.25. The van der Waals surface area contributed by atoms with Crippen molar-refractivity contribution in [1.29, 1.82) is 0 Å². The zero-order valence-corrected chi connectivity index (χ0v) is 10.8. The van der Waals surface area contributed by atoms with Gasteiger partial charge in [0.1, 0.15) is 0 Å². The first-order chi connectivity index (χ1) is 8.25. The van der Waals surface area contributed by atoms with Crippen LogP contribution in [-0.2, 0) is 0 Å². The fourth-order valence-electron chi connectivity index (χ4n) is 1.96. The lowest BCUT2D eigenvalue weighted by atomic mass is 9.93. The van der Waals surface area contributed by atoms with Crippen molar-refractivity contribution in [1.82, 2.24) is 20.2 Å². The predicted octanol–water partition coefficient (Wildman–Crippen LogP) is 2.41. The van der Waals surface area contributed by atoms with Gasteiger partial charge in [-0.2, -0.15) is 0 Å². The molecule has 2 N–H and O–H groups in total. The van der Waals surface area contributed by atoms with Crippen LogP contribution in [0.25, 0.3) is 11.4 Å². The Balaban J connectivity index is 2.08. The Hall–Kier alpha value is -1.43. The molecule has 1 aliphatic carbocycles. The zero-order valence-electron chi connectivity index (χ0n) is 9.17. The SMILES string of the molecule is Nc1ccc(Br)c(-c2nnnn2C2CCC2)c1. The summed E-state index contributed by atoms with van der Waals surface area (Å²) in [6, 6.07) is 6.11. The van der Waals surface area contributed by atoms with Gasteiger partial charge in [0, 0.05) is 15.7 Å². The van der Waals surface area contributed by atoms with Crippen molar-refractivity contribution in [2.75, 3.05) is 5.73 Å². The van der Waals surface area contributed by atoms with Gasteiger partial charge in [0.2, 0.25) is 0 Å². The molecule has 0 aliphatic heterocycles. The van der Waals surface area contributed by atoms with Gasteiger partial charge in [-0.3, -0.25) is 0 Å². The maximum absolute atomic E-state index is 5.81. The number of nitrogens with zero attached hydrogens (tertiary/aromatic N) is 4. The van der Waals surface area contributed by atoms with E-state index in [0.29, 0.717) is 11.7 Å². The third-order valence-electron chi connectivity index (χ3n) is 3.14. The average Bonchev–Trinajstić information content (AvgIpc) is 2.68. The molecule has 1 aromatic heterocycles. The van der Waals surface area contributed by atoms with E-state index >= 15 is 0 Å². The highest BCUT2D eigenvalue weighted by Gasteiger charge is 2.25. The molecule has 0 bridgehead atoms. The molecule has 0 amide bonds. The van der Waals surface area contributed by atoms with Crippen LogP contribution in [0.15, 0.2) is 22.7 Å². The van der Waals surface area contributed by atoms with E-state index in [1.165, 1.54) is 6.42 Å². The molecule has 1 fully saturated rings. The van der Waals surface area contributed by atoms with Crippen molar-refractivity contribution in [3.8, 4) is 11.4 Å². The number of tetrazole rings is 1. The number of hydrogen-bond donors (Lipinski definition) is 1. The van der Waals surface area contributed by atoms with E-state index in [1.54, 1.807) is 0 Å². The van der Waals surface area contributed by atoms with E-state index in [1.807, 2.05) is 22.9 Å². The largest absolute Gasteiger partial charge is 0.399 e. The van der Waals surface area contributed by atoms with Crippen LogP contribution in [0, 0.1) is 0 Å². The Labute approximate surface area is 107 Å². The molecule has 1 aliphatic rings. The van der Waals surface area contributed by atoms with Crippen LogP contribution in [0.1, 0.15) is 25.3 Å². The molecule has 1 saturated carbocycles. The van der Waals surface area contributed by atoms with E-state index < -0.39 is 0 Å². The highest BCUT2D eigenvalue weighted by Crippen LogP contribution is 2.35. The van der Waals surface area contributed by atoms with Crippen molar-refractivity contribution in [2.45, 2.75) is 25.3 Å². The number of anilines is 1. The van der Waals surface area contributed by atoms with Crippen molar-refractivity contribution in [3.05, 3.63) is 22.7 Å². The number of nitrogen functional groups attached to an aromatic ring is 1. The number of benzene rings is 1. The minimum absolute atomic E-state index is 0.438. The lowest BCUT2D eigenvalue weighted by molar-refractivity contribution is 0.287. The van der Waals surface area contributed by atoms with Gasteiger partial charge in [-0.1, -0.05) is 15.9 Å². The molecule has 0 unspecified atom stereocenters. The second-order valence-electron chi connectivity index (χ2n) is 4.27. The van der Waals surface area contributed by atoms with E-state index in [0.717, 1.165) is 28.7 Å². The Morgan fingerprint density at radius 2 is 2.18 bits per heavy atom. The monoisotopic (exact) mass is 293 g/mol. The van der Waals surface area contributed by atoms with Gasteiger partial charge < -0.3 is 5.73 Å². The third-order valence-corrected chi connectivity index (χ3v) is 3.84. The average molecular weight is 294 g/mol. The molecular weight excluding hydrogens is 282 g/mol. The highest BCUT2D eigenvalue weighted by atomic mass is 79.9. The van der Waals surface area contributed by atoms with Crippen molar-refractivity contribution >= 4 is 21.6 Å². The van der Waals surface area contributed by atoms with Crippen LogP contribution >= 0.6 is 15.9 Å². The van der Waals surface area contributed by atoms with E-state index in [2.05, 4.69) is 31.5 Å². The molecule has 3 rings (SSSR count). The third kappa shape index (κ3) is 1.82. The molecule has 0 atom stereocenters. The highest BCUT2D eigenvalue weighted by molar-refractivity contribution is 9.10. The maximum atomic E-state index is 5.81. The number of halogens is 1. The van der Waals surface area contributed by atoms with Crippen LogP contribution in [0.4, 0.5) is 5.69 Å². The van der Waals surface area contributed by atoms with Crippen molar-refractivity contribution in [2.24, 2.45) is 0 Å². The summed E-state index contributed by atoms with van der Waals surface area (Å²) in [7, 11) is 0. The minimum Gasteiger partial charge on any atom is -0.399 e. The standard InChI is InChI=1S/C11H12BrN5/c12-10-5-4-7(13)6-9(10)11-14-15-16-17(11)8-2-1-3-8/h4-6,8H,1-3,13H2. The first kappa shape index (κ1) is 10.7. The number of rotatable bonds is 2. The maximum Gasteiger partial charge on any atom is 0.183 e. The summed E-state index contributed by atoms with van der Waals surface area (Å²) in [5.41, 5.74) is 7.47. The van der Waals surface area contributed by atoms with Gasteiger partial charge in [0.05, 0.1) is 6.04 Å². The fourth-order valence-corrected chi connectivity index (χ4v) is 2.39. The second-order valence-corrected chi connectivity index (χ2v) is 5.13. The zero-order chi connectivity index (χ0) is 11.8. The molecular formula is C11H12BrN5. The van der Waals surface area contributed by atoms with Gasteiger partial charge in [0.25, 0.3) is 0 Å². The van der Waals surface area contributed by atoms with Gasteiger partial charge in [0.15, 0.2) is 5.82 Å². The lowest BCUT2D eigenvalue weighted by Crippen LogP contribution is -2.19. The smallest absolute Gasteiger partial charge is 0.183 e. The van der Waals surface area contributed by atoms with Crippen LogP contribution in [0.2, 0.25) is 0 Å². The Bertz CT molecular complexity index is 547. The minimum atomic E-state index is 0.438. The summed E-state index contributed by atoms with van der Waals surface area (Å²) < 4.78 is 2.87. The molecule has 17 heavy (non-hydrogen) atoms. The molecule has 0 spiro atoms. The normalized spacial score (nSPS) is 15.8. The van der Waals surface area contributed by atoms with Crippen LogP contribution < -0.4 is 5.73 Å². The summed E-state index contributed by atoms with van der Waals surface area (Å²) >= 11 is 3.51. The molecule has 0 radical (unpaired) electrons. The van der Waals surface area contributed by atoms with Crippen molar-refractivity contribution < 1.29 is 0 Å². The molecule has 6 heteroatoms. The fraction of sp³-hybridized carbons (Fsp3) is 0.364. The molecule has 5 nitrogen and oxygen atoms in total. The van der Waals surface area contributed by atoms with E-state index in [4.69, 9.17) is 5.73 Å². The topological polar surface area (TPSA) is 69.6 Å². The summed E-state index contributed by atoms with van der Waals surface area (Å²) in [6.45, 7) is 0.